The molecular weight excluding hydrogens is 427 g/mol. The molecule has 1 aliphatic carbocycles. The van der Waals surface area contributed by atoms with Crippen LogP contribution >= 0.6 is 23.2 Å². The highest BCUT2D eigenvalue weighted by Gasteiger charge is 2.22. The number of rotatable bonds is 3. The van der Waals surface area contributed by atoms with Crippen LogP contribution in [0.1, 0.15) is 64.9 Å². The van der Waals surface area contributed by atoms with Crippen molar-refractivity contribution >= 4 is 40.3 Å². The Morgan fingerprint density at radius 1 is 0.871 bits per heavy atom. The topological polar surface area (TPSA) is 37.3 Å². The normalized spacial score (nSPS) is 13.1. The summed E-state index contributed by atoms with van der Waals surface area (Å²) in [5, 5.41) is 10.7. The van der Waals surface area contributed by atoms with Crippen LogP contribution < -0.4 is 0 Å². The number of carbonyl (C=O) groups is 1. The van der Waals surface area contributed by atoms with Crippen LogP contribution in [0.4, 0.5) is 0 Å². The average molecular weight is 453 g/mol. The van der Waals surface area contributed by atoms with Gasteiger partial charge in [0.1, 0.15) is 0 Å². The highest BCUT2D eigenvalue weighted by atomic mass is 35.5. The Bertz CT molecular complexity index is 1130. The SMILES string of the molecule is CC.Cc1ccc(C2=C(c3ccc(Cl)cc3Cl)CCCc3cc(C(=O)O)ccc32)cc1. The molecule has 1 aliphatic rings. The molecule has 0 fully saturated rings. The van der Waals surface area contributed by atoms with Crippen molar-refractivity contribution in [2.45, 2.75) is 40.0 Å². The Morgan fingerprint density at radius 2 is 1.55 bits per heavy atom. The maximum absolute atomic E-state index is 11.5. The highest BCUT2D eigenvalue weighted by molar-refractivity contribution is 6.36. The second-order valence-corrected chi connectivity index (χ2v) is 8.22. The number of aromatic carboxylic acids is 1. The van der Waals surface area contributed by atoms with Gasteiger partial charge < -0.3 is 5.11 Å². The first-order chi connectivity index (χ1) is 14.9. The molecular formula is C27H26Cl2O2. The second-order valence-electron chi connectivity index (χ2n) is 7.37. The van der Waals surface area contributed by atoms with Gasteiger partial charge in [-0.25, -0.2) is 4.79 Å². The lowest BCUT2D eigenvalue weighted by Gasteiger charge is -2.18. The molecule has 0 spiro atoms. The van der Waals surface area contributed by atoms with Crippen molar-refractivity contribution in [1.82, 2.24) is 0 Å². The first kappa shape index (κ1) is 23.1. The Morgan fingerprint density at radius 3 is 2.19 bits per heavy atom. The van der Waals surface area contributed by atoms with E-state index in [4.69, 9.17) is 23.2 Å². The third-order valence-corrected chi connectivity index (χ3v) is 5.94. The van der Waals surface area contributed by atoms with Crippen LogP contribution in [0.3, 0.4) is 0 Å². The van der Waals surface area contributed by atoms with Gasteiger partial charge in [-0.15, -0.1) is 0 Å². The van der Waals surface area contributed by atoms with Gasteiger partial charge in [0.25, 0.3) is 0 Å². The second kappa shape index (κ2) is 10.2. The predicted molar refractivity (Wildman–Crippen MR) is 131 cm³/mol. The van der Waals surface area contributed by atoms with Crippen molar-refractivity contribution in [3.63, 3.8) is 0 Å². The number of carboxylic acids is 1. The summed E-state index contributed by atoms with van der Waals surface area (Å²) < 4.78 is 0. The summed E-state index contributed by atoms with van der Waals surface area (Å²) in [5.41, 5.74) is 7.98. The predicted octanol–water partition coefficient (Wildman–Crippen LogP) is 8.32. The van der Waals surface area contributed by atoms with Crippen LogP contribution in [0.25, 0.3) is 11.1 Å². The molecule has 0 atom stereocenters. The van der Waals surface area contributed by atoms with Gasteiger partial charge in [0.15, 0.2) is 0 Å². The summed E-state index contributed by atoms with van der Waals surface area (Å²) in [6.45, 7) is 6.06. The van der Waals surface area contributed by atoms with E-state index in [-0.39, 0.29) is 0 Å². The van der Waals surface area contributed by atoms with Crippen LogP contribution in [-0.2, 0) is 6.42 Å². The Labute approximate surface area is 194 Å². The van der Waals surface area contributed by atoms with Gasteiger partial charge in [-0.3, -0.25) is 0 Å². The van der Waals surface area contributed by atoms with Gasteiger partial charge in [0, 0.05) is 10.0 Å². The zero-order chi connectivity index (χ0) is 22.5. The summed E-state index contributed by atoms with van der Waals surface area (Å²) in [5.74, 6) is -0.904. The molecule has 0 aliphatic heterocycles. The van der Waals surface area contributed by atoms with Gasteiger partial charge in [0.05, 0.1) is 5.56 Å². The third kappa shape index (κ3) is 5.03. The Hall–Kier alpha value is -2.55. The summed E-state index contributed by atoms with van der Waals surface area (Å²) in [4.78, 5) is 11.5. The highest BCUT2D eigenvalue weighted by Crippen LogP contribution is 2.42. The van der Waals surface area contributed by atoms with E-state index in [1.165, 1.54) is 5.56 Å². The van der Waals surface area contributed by atoms with E-state index in [0.29, 0.717) is 15.6 Å². The molecule has 0 radical (unpaired) electrons. The maximum atomic E-state index is 11.5. The van der Waals surface area contributed by atoms with Gasteiger partial charge >= 0.3 is 5.97 Å². The number of fused-ring (bicyclic) bond motifs is 1. The van der Waals surface area contributed by atoms with Crippen molar-refractivity contribution < 1.29 is 9.90 Å². The smallest absolute Gasteiger partial charge is 0.335 e. The van der Waals surface area contributed by atoms with Crippen LogP contribution in [0.5, 0.6) is 0 Å². The molecule has 1 N–H and O–H groups in total. The summed E-state index contributed by atoms with van der Waals surface area (Å²) in [6.07, 6.45) is 2.59. The van der Waals surface area contributed by atoms with E-state index in [9.17, 15) is 9.90 Å². The van der Waals surface area contributed by atoms with E-state index >= 15 is 0 Å². The first-order valence-corrected chi connectivity index (χ1v) is 11.3. The molecule has 0 unspecified atom stereocenters. The van der Waals surface area contributed by atoms with Gasteiger partial charge in [-0.05, 0) is 83.9 Å². The van der Waals surface area contributed by atoms with Crippen LogP contribution in [0.15, 0.2) is 60.7 Å². The van der Waals surface area contributed by atoms with E-state index in [1.807, 2.05) is 32.0 Å². The lowest BCUT2D eigenvalue weighted by molar-refractivity contribution is 0.0696. The summed E-state index contributed by atoms with van der Waals surface area (Å²) >= 11 is 12.7. The van der Waals surface area contributed by atoms with E-state index in [1.54, 1.807) is 18.2 Å². The van der Waals surface area contributed by atoms with Crippen LogP contribution in [0.2, 0.25) is 10.0 Å². The molecule has 0 saturated heterocycles. The van der Waals surface area contributed by atoms with Gasteiger partial charge in [-0.1, -0.05) is 79.0 Å². The first-order valence-electron chi connectivity index (χ1n) is 10.6. The number of allylic oxidation sites excluding steroid dienone is 1. The van der Waals surface area contributed by atoms with E-state index in [2.05, 4.69) is 31.2 Å². The largest absolute Gasteiger partial charge is 0.478 e. The minimum Gasteiger partial charge on any atom is -0.478 e. The van der Waals surface area contributed by atoms with Crippen molar-refractivity contribution in [2.75, 3.05) is 0 Å². The lowest BCUT2D eigenvalue weighted by Crippen LogP contribution is -2.01. The van der Waals surface area contributed by atoms with Crippen LogP contribution in [-0.4, -0.2) is 11.1 Å². The molecule has 0 amide bonds. The van der Waals surface area contributed by atoms with Gasteiger partial charge in [0.2, 0.25) is 0 Å². The number of carboxylic acid groups (broad SMARTS) is 1. The van der Waals surface area contributed by atoms with Crippen molar-refractivity contribution in [1.29, 1.82) is 0 Å². The van der Waals surface area contributed by atoms with E-state index in [0.717, 1.165) is 52.7 Å². The third-order valence-electron chi connectivity index (χ3n) is 5.39. The quantitative estimate of drug-likeness (QED) is 0.433. The lowest BCUT2D eigenvalue weighted by atomic mass is 9.87. The van der Waals surface area contributed by atoms with Crippen molar-refractivity contribution in [2.24, 2.45) is 0 Å². The number of halogens is 2. The Balaban J connectivity index is 0.00000132. The van der Waals surface area contributed by atoms with Gasteiger partial charge in [-0.2, -0.15) is 0 Å². The molecule has 31 heavy (non-hydrogen) atoms. The molecule has 3 aromatic rings. The molecule has 160 valence electrons. The summed E-state index contributed by atoms with van der Waals surface area (Å²) in [6, 6.07) is 19.5. The fourth-order valence-corrected chi connectivity index (χ4v) is 4.50. The standard InChI is InChI=1S/C25H20Cl2O2.C2H6/c1-15-5-7-16(8-6-15)24-20-11-9-18(25(28)29)13-17(20)3-2-4-22(24)21-12-10-19(26)14-23(21)27;1-2/h5-14H,2-4H2,1H3,(H,28,29);1-2H3. The molecule has 0 saturated carbocycles. The minimum absolute atomic E-state index is 0.319. The average Bonchev–Trinajstić information content (AvgIpc) is 2.95. The molecule has 0 bridgehead atoms. The number of aryl methyl sites for hydroxylation is 2. The molecule has 4 heteroatoms. The fourth-order valence-electron chi connectivity index (χ4n) is 3.97. The summed E-state index contributed by atoms with van der Waals surface area (Å²) in [7, 11) is 0. The molecule has 3 aromatic carbocycles. The maximum Gasteiger partial charge on any atom is 0.335 e. The zero-order valence-corrected chi connectivity index (χ0v) is 19.5. The fraction of sp³-hybridized carbons (Fsp3) is 0.222. The number of benzene rings is 3. The van der Waals surface area contributed by atoms with Crippen molar-refractivity contribution in [3.8, 4) is 0 Å². The minimum atomic E-state index is -0.904. The molecule has 2 nitrogen and oxygen atoms in total. The molecule has 0 aromatic heterocycles. The molecule has 4 rings (SSSR count). The Kier molecular flexibility index (Phi) is 7.59. The number of hydrogen-bond donors (Lipinski definition) is 1. The van der Waals surface area contributed by atoms with Crippen LogP contribution in [0, 0.1) is 6.92 Å². The zero-order valence-electron chi connectivity index (χ0n) is 18.0. The van der Waals surface area contributed by atoms with Crippen molar-refractivity contribution in [3.05, 3.63) is 104 Å². The van der Waals surface area contributed by atoms with E-state index < -0.39 is 5.97 Å². The monoisotopic (exact) mass is 452 g/mol. The number of hydrogen-bond acceptors (Lipinski definition) is 1. The molecule has 0 heterocycles.